The summed E-state index contributed by atoms with van der Waals surface area (Å²) in [5.41, 5.74) is 1.02. The Labute approximate surface area is 107 Å². The SMILES string of the molecule is Cc1csc(NC(=S)NCCCC(C)C)n1. The van der Waals surface area contributed by atoms with Crippen molar-refractivity contribution < 1.29 is 0 Å². The normalized spacial score (nSPS) is 10.5. The van der Waals surface area contributed by atoms with E-state index in [1.165, 1.54) is 6.42 Å². The number of hydrogen-bond donors (Lipinski definition) is 2. The molecule has 1 aromatic rings. The maximum absolute atomic E-state index is 5.17. The van der Waals surface area contributed by atoms with Crippen molar-refractivity contribution >= 4 is 33.8 Å². The maximum atomic E-state index is 5.17. The molecule has 90 valence electrons. The molecule has 0 unspecified atom stereocenters. The summed E-state index contributed by atoms with van der Waals surface area (Å²) >= 11 is 6.74. The van der Waals surface area contributed by atoms with Crippen molar-refractivity contribution in [3.63, 3.8) is 0 Å². The first-order valence-electron chi connectivity index (χ1n) is 5.55. The molecular weight excluding hydrogens is 238 g/mol. The van der Waals surface area contributed by atoms with Gasteiger partial charge in [-0.2, -0.15) is 0 Å². The van der Waals surface area contributed by atoms with E-state index in [9.17, 15) is 0 Å². The van der Waals surface area contributed by atoms with Crippen molar-refractivity contribution in [3.05, 3.63) is 11.1 Å². The number of aromatic nitrogens is 1. The number of nitrogens with zero attached hydrogens (tertiary/aromatic N) is 1. The van der Waals surface area contributed by atoms with Gasteiger partial charge in [0.2, 0.25) is 0 Å². The molecule has 0 spiro atoms. The molecule has 0 aliphatic heterocycles. The predicted octanol–water partition coefficient (Wildman–Crippen LogP) is 3.17. The lowest BCUT2D eigenvalue weighted by Crippen LogP contribution is -2.29. The fraction of sp³-hybridized carbons (Fsp3) is 0.636. The molecule has 16 heavy (non-hydrogen) atoms. The van der Waals surface area contributed by atoms with Gasteiger partial charge in [0.05, 0.1) is 5.69 Å². The average molecular weight is 257 g/mol. The average Bonchev–Trinajstić information content (AvgIpc) is 2.58. The fourth-order valence-electron chi connectivity index (χ4n) is 1.26. The summed E-state index contributed by atoms with van der Waals surface area (Å²) in [5.74, 6) is 0.755. The van der Waals surface area contributed by atoms with E-state index in [0.29, 0.717) is 5.11 Å². The molecule has 5 heteroatoms. The van der Waals surface area contributed by atoms with E-state index >= 15 is 0 Å². The van der Waals surface area contributed by atoms with Crippen molar-refractivity contribution in [1.29, 1.82) is 0 Å². The van der Waals surface area contributed by atoms with Crippen LogP contribution in [0.5, 0.6) is 0 Å². The highest BCUT2D eigenvalue weighted by Crippen LogP contribution is 2.13. The third-order valence-corrected chi connectivity index (χ3v) is 3.21. The zero-order chi connectivity index (χ0) is 12.0. The third kappa shape index (κ3) is 5.42. The second-order valence-corrected chi connectivity index (χ2v) is 5.48. The van der Waals surface area contributed by atoms with E-state index in [0.717, 1.165) is 29.7 Å². The Morgan fingerprint density at radius 2 is 2.31 bits per heavy atom. The van der Waals surface area contributed by atoms with Crippen molar-refractivity contribution in [2.45, 2.75) is 33.6 Å². The second-order valence-electron chi connectivity index (χ2n) is 4.21. The summed E-state index contributed by atoms with van der Waals surface area (Å²) in [6.07, 6.45) is 2.38. The van der Waals surface area contributed by atoms with Gasteiger partial charge in [-0.15, -0.1) is 11.3 Å². The summed E-state index contributed by atoms with van der Waals surface area (Å²) in [7, 11) is 0. The Bertz CT molecular complexity index is 334. The van der Waals surface area contributed by atoms with E-state index in [1.54, 1.807) is 11.3 Å². The summed E-state index contributed by atoms with van der Waals surface area (Å²) in [6, 6.07) is 0. The number of rotatable bonds is 5. The molecule has 0 saturated carbocycles. The molecule has 0 bridgehead atoms. The van der Waals surface area contributed by atoms with Crippen LogP contribution in [0.25, 0.3) is 0 Å². The van der Waals surface area contributed by atoms with Gasteiger partial charge < -0.3 is 10.6 Å². The first-order valence-corrected chi connectivity index (χ1v) is 6.83. The molecule has 0 saturated heterocycles. The molecule has 3 nitrogen and oxygen atoms in total. The Balaban J connectivity index is 2.16. The van der Waals surface area contributed by atoms with Gasteiger partial charge in [0, 0.05) is 11.9 Å². The van der Waals surface area contributed by atoms with Gasteiger partial charge >= 0.3 is 0 Å². The van der Waals surface area contributed by atoms with E-state index < -0.39 is 0 Å². The molecule has 0 aromatic carbocycles. The first kappa shape index (κ1) is 13.4. The van der Waals surface area contributed by atoms with Crippen LogP contribution in [-0.2, 0) is 0 Å². The van der Waals surface area contributed by atoms with Gasteiger partial charge in [-0.05, 0) is 37.9 Å². The highest BCUT2D eigenvalue weighted by Gasteiger charge is 2.01. The van der Waals surface area contributed by atoms with Gasteiger partial charge in [-0.25, -0.2) is 4.98 Å². The van der Waals surface area contributed by atoms with Gasteiger partial charge in [-0.3, -0.25) is 0 Å². The van der Waals surface area contributed by atoms with E-state index in [-0.39, 0.29) is 0 Å². The van der Waals surface area contributed by atoms with Crippen molar-refractivity contribution in [3.8, 4) is 0 Å². The summed E-state index contributed by atoms with van der Waals surface area (Å²) in [5, 5.41) is 9.79. The number of anilines is 1. The first-order chi connectivity index (χ1) is 7.58. The van der Waals surface area contributed by atoms with Crippen LogP contribution < -0.4 is 10.6 Å². The van der Waals surface area contributed by atoms with Crippen LogP contribution in [-0.4, -0.2) is 16.6 Å². The quantitative estimate of drug-likeness (QED) is 0.627. The highest BCUT2D eigenvalue weighted by molar-refractivity contribution is 7.80. The number of thiazole rings is 1. The molecule has 0 radical (unpaired) electrons. The van der Waals surface area contributed by atoms with Crippen LogP contribution in [0, 0.1) is 12.8 Å². The van der Waals surface area contributed by atoms with E-state index in [1.807, 2.05) is 12.3 Å². The number of nitrogens with one attached hydrogen (secondary N) is 2. The Morgan fingerprint density at radius 3 is 2.88 bits per heavy atom. The van der Waals surface area contributed by atoms with Crippen LogP contribution in [0.15, 0.2) is 5.38 Å². The number of aryl methyl sites for hydroxylation is 1. The van der Waals surface area contributed by atoms with Crippen LogP contribution in [0.4, 0.5) is 5.13 Å². The monoisotopic (exact) mass is 257 g/mol. The topological polar surface area (TPSA) is 37.0 Å². The Kier molecular flexibility index (Phi) is 5.69. The zero-order valence-corrected chi connectivity index (χ0v) is 11.7. The zero-order valence-electron chi connectivity index (χ0n) is 10.0. The minimum absolute atomic E-state index is 0.665. The van der Waals surface area contributed by atoms with Gasteiger partial charge in [0.1, 0.15) is 0 Å². The minimum Gasteiger partial charge on any atom is -0.362 e. The molecule has 0 fully saturated rings. The maximum Gasteiger partial charge on any atom is 0.189 e. The fourth-order valence-corrected chi connectivity index (χ4v) is 2.22. The summed E-state index contributed by atoms with van der Waals surface area (Å²) < 4.78 is 0. The molecule has 0 aliphatic carbocycles. The molecule has 0 aliphatic rings. The molecule has 2 N–H and O–H groups in total. The van der Waals surface area contributed by atoms with E-state index in [4.69, 9.17) is 12.2 Å². The summed E-state index contributed by atoms with van der Waals surface area (Å²) in [6.45, 7) is 7.36. The highest BCUT2D eigenvalue weighted by atomic mass is 32.1. The van der Waals surface area contributed by atoms with Crippen LogP contribution in [0.1, 0.15) is 32.4 Å². The molecule has 0 amide bonds. The van der Waals surface area contributed by atoms with Gasteiger partial charge in [0.25, 0.3) is 0 Å². The van der Waals surface area contributed by atoms with Crippen molar-refractivity contribution in [2.24, 2.45) is 5.92 Å². The Hall–Kier alpha value is -0.680. The largest absolute Gasteiger partial charge is 0.362 e. The predicted molar refractivity (Wildman–Crippen MR) is 75.1 cm³/mol. The van der Waals surface area contributed by atoms with Gasteiger partial charge in [-0.1, -0.05) is 13.8 Å². The summed E-state index contributed by atoms with van der Waals surface area (Å²) in [4.78, 5) is 4.29. The smallest absolute Gasteiger partial charge is 0.189 e. The molecule has 0 atom stereocenters. The second kappa shape index (κ2) is 6.81. The van der Waals surface area contributed by atoms with Gasteiger partial charge in [0.15, 0.2) is 10.2 Å². The lowest BCUT2D eigenvalue weighted by molar-refractivity contribution is 0.552. The van der Waals surface area contributed by atoms with E-state index in [2.05, 4.69) is 29.5 Å². The minimum atomic E-state index is 0.665. The standard InChI is InChI=1S/C11H19N3S2/c1-8(2)5-4-6-12-10(15)14-11-13-9(3)7-16-11/h7-8H,4-6H2,1-3H3,(H2,12,13,14,15). The molecule has 1 rings (SSSR count). The molecule has 1 aromatic heterocycles. The van der Waals surface area contributed by atoms with Crippen LogP contribution in [0.3, 0.4) is 0 Å². The lowest BCUT2D eigenvalue weighted by atomic mass is 10.1. The van der Waals surface area contributed by atoms with Crippen LogP contribution >= 0.6 is 23.6 Å². The molecular formula is C11H19N3S2. The Morgan fingerprint density at radius 1 is 1.56 bits per heavy atom. The number of hydrogen-bond acceptors (Lipinski definition) is 3. The van der Waals surface area contributed by atoms with Crippen molar-refractivity contribution in [2.75, 3.05) is 11.9 Å². The molecule has 1 heterocycles. The third-order valence-electron chi connectivity index (χ3n) is 2.08. The number of thiocarbonyl (C=S) groups is 1. The lowest BCUT2D eigenvalue weighted by Gasteiger charge is -2.09. The van der Waals surface area contributed by atoms with Crippen LogP contribution in [0.2, 0.25) is 0 Å². The van der Waals surface area contributed by atoms with Crippen molar-refractivity contribution in [1.82, 2.24) is 10.3 Å².